The first-order valence-electron chi connectivity index (χ1n) is 9.79. The number of nitro groups is 2. The Labute approximate surface area is 195 Å². The van der Waals surface area contributed by atoms with E-state index in [1.54, 1.807) is 12.1 Å². The van der Waals surface area contributed by atoms with E-state index in [2.05, 4.69) is 4.98 Å². The molecule has 0 aliphatic carbocycles. The number of carbonyl (C=O) groups is 1. The van der Waals surface area contributed by atoms with Crippen molar-refractivity contribution >= 4 is 55.6 Å². The van der Waals surface area contributed by atoms with Gasteiger partial charge in [0.25, 0.3) is 17.3 Å². The molecule has 2 heterocycles. The summed E-state index contributed by atoms with van der Waals surface area (Å²) in [5.41, 5.74) is -0.858. The minimum atomic E-state index is -0.781. The van der Waals surface area contributed by atoms with Crippen LogP contribution in [0.25, 0.3) is 10.2 Å². The van der Waals surface area contributed by atoms with Crippen LogP contribution in [0.3, 0.4) is 0 Å². The fourth-order valence-electron chi connectivity index (χ4n) is 3.55. The topological polar surface area (TPSA) is 138 Å². The van der Waals surface area contributed by atoms with Gasteiger partial charge in [0.05, 0.1) is 51.0 Å². The quantitative estimate of drug-likeness (QED) is 0.344. The lowest BCUT2D eigenvalue weighted by Gasteiger charge is -2.23. The maximum atomic E-state index is 13.5. The predicted octanol–water partition coefficient (Wildman–Crippen LogP) is 4.60. The van der Waals surface area contributed by atoms with Gasteiger partial charge in [-0.1, -0.05) is 22.9 Å². The van der Waals surface area contributed by atoms with Gasteiger partial charge in [0.1, 0.15) is 11.3 Å². The van der Waals surface area contributed by atoms with Gasteiger partial charge in [0, 0.05) is 18.7 Å². The summed E-state index contributed by atoms with van der Waals surface area (Å²) in [6.07, 6.45) is 1.27. The molecule has 0 N–H and O–H groups in total. The van der Waals surface area contributed by atoms with Crippen molar-refractivity contribution in [3.8, 4) is 5.75 Å². The Balaban J connectivity index is 1.82. The van der Waals surface area contributed by atoms with E-state index in [1.807, 2.05) is 0 Å². The number of halogens is 1. The van der Waals surface area contributed by atoms with Gasteiger partial charge in [0.15, 0.2) is 5.13 Å². The highest BCUT2D eigenvalue weighted by atomic mass is 35.5. The van der Waals surface area contributed by atoms with Crippen LogP contribution in [0.1, 0.15) is 23.2 Å². The molecule has 0 saturated carbocycles. The second kappa shape index (κ2) is 9.25. The van der Waals surface area contributed by atoms with Crippen LogP contribution >= 0.6 is 22.9 Å². The van der Waals surface area contributed by atoms with E-state index in [0.717, 1.165) is 36.0 Å². The number of anilines is 1. The van der Waals surface area contributed by atoms with Crippen molar-refractivity contribution in [2.45, 2.75) is 18.9 Å². The summed E-state index contributed by atoms with van der Waals surface area (Å²) in [5, 5.41) is 23.3. The summed E-state index contributed by atoms with van der Waals surface area (Å²) in [4.78, 5) is 40.4. The number of carbonyl (C=O) groups excluding carboxylic acids is 1. The molecule has 1 aliphatic heterocycles. The predicted molar refractivity (Wildman–Crippen MR) is 122 cm³/mol. The van der Waals surface area contributed by atoms with Crippen molar-refractivity contribution in [1.29, 1.82) is 0 Å². The number of nitro benzene ring substituents is 2. The number of non-ortho nitro benzene ring substituents is 2. The third-order valence-corrected chi connectivity index (χ3v) is 6.66. The lowest BCUT2D eigenvalue weighted by molar-refractivity contribution is -0.394. The van der Waals surface area contributed by atoms with Crippen molar-refractivity contribution in [3.05, 3.63) is 61.1 Å². The zero-order chi connectivity index (χ0) is 23.7. The number of thiazole rings is 1. The molecule has 0 spiro atoms. The van der Waals surface area contributed by atoms with Crippen LogP contribution in [0.5, 0.6) is 5.75 Å². The summed E-state index contributed by atoms with van der Waals surface area (Å²) in [5.74, 6) is -0.209. The van der Waals surface area contributed by atoms with Crippen LogP contribution in [0.15, 0.2) is 30.3 Å². The number of hydrogen-bond donors (Lipinski definition) is 0. The second-order valence-electron chi connectivity index (χ2n) is 7.23. The van der Waals surface area contributed by atoms with Crippen molar-refractivity contribution in [2.24, 2.45) is 0 Å². The number of hydrogen-bond acceptors (Lipinski definition) is 9. The molecule has 1 amide bonds. The molecule has 13 heteroatoms. The Bertz CT molecular complexity index is 1230. The zero-order valence-corrected chi connectivity index (χ0v) is 18.8. The molecule has 1 aromatic heterocycles. The second-order valence-corrected chi connectivity index (χ2v) is 8.61. The summed E-state index contributed by atoms with van der Waals surface area (Å²) in [6, 6.07) is 6.14. The molecule has 1 unspecified atom stereocenters. The van der Waals surface area contributed by atoms with Crippen molar-refractivity contribution in [3.63, 3.8) is 0 Å². The minimum Gasteiger partial charge on any atom is -0.494 e. The summed E-state index contributed by atoms with van der Waals surface area (Å²) >= 11 is 7.47. The van der Waals surface area contributed by atoms with Crippen LogP contribution in [0, 0.1) is 20.2 Å². The Morgan fingerprint density at radius 3 is 2.55 bits per heavy atom. The maximum absolute atomic E-state index is 13.5. The molecule has 1 atom stereocenters. The van der Waals surface area contributed by atoms with Crippen LogP contribution < -0.4 is 9.64 Å². The highest BCUT2D eigenvalue weighted by Gasteiger charge is 2.30. The molecule has 33 heavy (non-hydrogen) atoms. The van der Waals surface area contributed by atoms with E-state index in [4.69, 9.17) is 21.1 Å². The molecule has 0 bridgehead atoms. The van der Waals surface area contributed by atoms with E-state index in [1.165, 1.54) is 12.0 Å². The number of amides is 1. The molecular formula is C20H17ClN4O7S. The minimum absolute atomic E-state index is 0.120. The van der Waals surface area contributed by atoms with E-state index >= 15 is 0 Å². The number of fused-ring (bicyclic) bond motifs is 1. The number of nitrogens with zero attached hydrogens (tertiary/aromatic N) is 4. The first-order valence-corrected chi connectivity index (χ1v) is 11.0. The van der Waals surface area contributed by atoms with E-state index in [-0.39, 0.29) is 23.3 Å². The molecule has 3 aromatic rings. The van der Waals surface area contributed by atoms with Crippen molar-refractivity contribution in [2.75, 3.05) is 25.2 Å². The number of methoxy groups -OCH3 is 1. The SMILES string of the molecule is COc1ccc(Cl)c2sc(N(CC3CCCO3)C(=O)c3cc([N+](=O)[O-])cc([N+](=O)[O-])c3)nc12. The van der Waals surface area contributed by atoms with Gasteiger partial charge in [-0.05, 0) is 25.0 Å². The van der Waals surface area contributed by atoms with Gasteiger partial charge < -0.3 is 9.47 Å². The standard InChI is InChI=1S/C20H17ClN4O7S/c1-31-16-5-4-15(21)18-17(16)22-20(33-18)23(10-14-3-2-6-32-14)19(26)11-7-12(24(27)28)9-13(8-11)25(29)30/h4-5,7-9,14H,2-3,6,10H2,1H3. The molecule has 1 aliphatic rings. The highest BCUT2D eigenvalue weighted by Crippen LogP contribution is 2.39. The van der Waals surface area contributed by atoms with Gasteiger partial charge in [-0.15, -0.1) is 0 Å². The van der Waals surface area contributed by atoms with E-state index in [0.29, 0.717) is 34.0 Å². The molecule has 0 radical (unpaired) electrons. The van der Waals surface area contributed by atoms with Gasteiger partial charge in [-0.25, -0.2) is 4.98 Å². The smallest absolute Gasteiger partial charge is 0.277 e. The average Bonchev–Trinajstić information content (AvgIpc) is 3.47. The molecule has 1 fully saturated rings. The lowest BCUT2D eigenvalue weighted by atomic mass is 10.1. The number of rotatable bonds is 7. The first-order chi connectivity index (χ1) is 15.8. The van der Waals surface area contributed by atoms with Crippen LogP contribution in [-0.2, 0) is 4.74 Å². The molecule has 4 rings (SSSR count). The number of benzene rings is 2. The zero-order valence-electron chi connectivity index (χ0n) is 17.2. The van der Waals surface area contributed by atoms with Crippen LogP contribution in [0.4, 0.5) is 16.5 Å². The Hall–Kier alpha value is -3.35. The van der Waals surface area contributed by atoms with Crippen LogP contribution in [0.2, 0.25) is 5.02 Å². The average molecular weight is 493 g/mol. The van der Waals surface area contributed by atoms with E-state index in [9.17, 15) is 25.0 Å². The molecule has 1 saturated heterocycles. The summed E-state index contributed by atoms with van der Waals surface area (Å²) < 4.78 is 11.6. The normalized spacial score (nSPS) is 15.5. The van der Waals surface area contributed by atoms with Gasteiger partial charge >= 0.3 is 0 Å². The Morgan fingerprint density at radius 2 is 1.97 bits per heavy atom. The Kier molecular flexibility index (Phi) is 6.40. The summed E-state index contributed by atoms with van der Waals surface area (Å²) in [6.45, 7) is 0.670. The fourth-order valence-corrected chi connectivity index (χ4v) is 4.81. The third-order valence-electron chi connectivity index (χ3n) is 5.12. The molecule has 2 aromatic carbocycles. The van der Waals surface area contributed by atoms with E-state index < -0.39 is 27.1 Å². The fraction of sp³-hybridized carbons (Fsp3) is 0.300. The van der Waals surface area contributed by atoms with Crippen molar-refractivity contribution < 1.29 is 24.1 Å². The van der Waals surface area contributed by atoms with Gasteiger partial charge in [0.2, 0.25) is 0 Å². The summed E-state index contributed by atoms with van der Waals surface area (Å²) in [7, 11) is 1.49. The number of aromatic nitrogens is 1. The number of ether oxygens (including phenoxy) is 2. The monoisotopic (exact) mass is 492 g/mol. The Morgan fingerprint density at radius 1 is 1.27 bits per heavy atom. The molecule has 172 valence electrons. The molecular weight excluding hydrogens is 476 g/mol. The van der Waals surface area contributed by atoms with Gasteiger partial charge in [-0.3, -0.25) is 29.9 Å². The van der Waals surface area contributed by atoms with Crippen molar-refractivity contribution in [1.82, 2.24) is 4.98 Å². The van der Waals surface area contributed by atoms with Gasteiger partial charge in [-0.2, -0.15) is 0 Å². The lowest BCUT2D eigenvalue weighted by Crippen LogP contribution is -2.37. The largest absolute Gasteiger partial charge is 0.494 e. The molecule has 11 nitrogen and oxygen atoms in total. The highest BCUT2D eigenvalue weighted by molar-refractivity contribution is 7.23. The first kappa shape index (κ1) is 22.8. The third kappa shape index (κ3) is 4.58. The maximum Gasteiger partial charge on any atom is 0.277 e. The van der Waals surface area contributed by atoms with Crippen LogP contribution in [-0.4, -0.2) is 47.1 Å².